The number of aromatic nitrogens is 2. The third-order valence-corrected chi connectivity index (χ3v) is 5.95. The number of urea groups is 1. The smallest absolute Gasteiger partial charge is 0.321 e. The number of nitrogens with one attached hydrogen (secondary N) is 1. The Hall–Kier alpha value is -3.61. The number of hydrogen-bond donors (Lipinski definition) is 1. The minimum Gasteiger partial charge on any atom is -0.497 e. The molecule has 0 unspecified atom stereocenters. The van der Waals surface area contributed by atoms with Gasteiger partial charge in [0.05, 0.1) is 12.8 Å². The maximum absolute atomic E-state index is 12.7. The Morgan fingerprint density at radius 3 is 2.27 bits per heavy atom. The number of unbranched alkanes of at least 4 members (excludes halogenated alkanes) is 1. The van der Waals surface area contributed by atoms with Crippen LogP contribution in [0.4, 0.5) is 16.3 Å². The Labute approximate surface area is 195 Å². The van der Waals surface area contributed by atoms with E-state index in [9.17, 15) is 4.79 Å². The minimum absolute atomic E-state index is 0.0584. The molecule has 4 rings (SSSR count). The lowest BCUT2D eigenvalue weighted by molar-refractivity contribution is 0.208. The molecule has 1 aliphatic heterocycles. The number of amides is 2. The number of carbonyl (C=O) groups is 1. The molecule has 2 heterocycles. The number of nitrogens with zero attached hydrogens (tertiary/aromatic N) is 4. The van der Waals surface area contributed by atoms with Gasteiger partial charge in [0.1, 0.15) is 5.75 Å². The summed E-state index contributed by atoms with van der Waals surface area (Å²) in [6.07, 6.45) is 3.45. The average Bonchev–Trinajstić information content (AvgIpc) is 2.88. The average molecular weight is 446 g/mol. The van der Waals surface area contributed by atoms with E-state index < -0.39 is 0 Å². The fourth-order valence-electron chi connectivity index (χ4n) is 3.89. The summed E-state index contributed by atoms with van der Waals surface area (Å²) in [6.45, 7) is 4.92. The molecule has 0 bridgehead atoms. The Morgan fingerprint density at radius 2 is 1.67 bits per heavy atom. The lowest BCUT2D eigenvalue weighted by Crippen LogP contribution is -2.50. The van der Waals surface area contributed by atoms with Gasteiger partial charge in [0, 0.05) is 37.4 Å². The van der Waals surface area contributed by atoms with Crippen LogP contribution >= 0.6 is 0 Å². The second-order valence-corrected chi connectivity index (χ2v) is 8.21. The highest BCUT2D eigenvalue weighted by atomic mass is 16.5. The zero-order valence-corrected chi connectivity index (χ0v) is 19.3. The van der Waals surface area contributed by atoms with E-state index in [4.69, 9.17) is 4.74 Å². The predicted octanol–water partition coefficient (Wildman–Crippen LogP) is 4.85. The van der Waals surface area contributed by atoms with E-state index >= 15 is 0 Å². The van der Waals surface area contributed by atoms with Gasteiger partial charge in [0.15, 0.2) is 5.82 Å². The highest BCUT2D eigenvalue weighted by Gasteiger charge is 2.22. The van der Waals surface area contributed by atoms with Crippen LogP contribution in [0, 0.1) is 0 Å². The second kappa shape index (κ2) is 10.8. The van der Waals surface area contributed by atoms with Crippen molar-refractivity contribution in [3.05, 3.63) is 66.2 Å². The molecule has 33 heavy (non-hydrogen) atoms. The van der Waals surface area contributed by atoms with Crippen LogP contribution in [0.3, 0.4) is 0 Å². The van der Waals surface area contributed by atoms with Crippen LogP contribution in [-0.2, 0) is 6.42 Å². The molecule has 7 nitrogen and oxygen atoms in total. The normalized spacial score (nSPS) is 13.6. The number of piperazine rings is 1. The molecular weight excluding hydrogens is 414 g/mol. The maximum Gasteiger partial charge on any atom is 0.321 e. The molecule has 3 aromatic rings. The summed E-state index contributed by atoms with van der Waals surface area (Å²) >= 11 is 0. The fraction of sp³-hybridized carbons (Fsp3) is 0.346. The van der Waals surface area contributed by atoms with E-state index in [-0.39, 0.29) is 6.03 Å². The van der Waals surface area contributed by atoms with E-state index in [1.54, 1.807) is 7.11 Å². The van der Waals surface area contributed by atoms with Gasteiger partial charge in [-0.1, -0.05) is 25.5 Å². The van der Waals surface area contributed by atoms with Crippen LogP contribution in [0.15, 0.2) is 60.7 Å². The molecule has 7 heteroatoms. The molecule has 0 aliphatic carbocycles. The molecule has 172 valence electrons. The summed E-state index contributed by atoms with van der Waals surface area (Å²) in [5, 5.41) is 11.8. The predicted molar refractivity (Wildman–Crippen MR) is 132 cm³/mol. The van der Waals surface area contributed by atoms with Crippen molar-refractivity contribution < 1.29 is 9.53 Å². The van der Waals surface area contributed by atoms with E-state index in [1.165, 1.54) is 18.4 Å². The van der Waals surface area contributed by atoms with Gasteiger partial charge >= 0.3 is 6.03 Å². The maximum atomic E-state index is 12.7. The number of ether oxygens (including phenoxy) is 1. The highest BCUT2D eigenvalue weighted by molar-refractivity contribution is 5.89. The van der Waals surface area contributed by atoms with Gasteiger partial charge < -0.3 is 19.9 Å². The van der Waals surface area contributed by atoms with Crippen molar-refractivity contribution in [3.63, 3.8) is 0 Å². The number of carbonyl (C=O) groups excluding carboxylic acids is 1. The third kappa shape index (κ3) is 5.80. The van der Waals surface area contributed by atoms with Crippen molar-refractivity contribution in [2.75, 3.05) is 43.5 Å². The fourth-order valence-corrected chi connectivity index (χ4v) is 3.89. The largest absolute Gasteiger partial charge is 0.497 e. The van der Waals surface area contributed by atoms with Crippen LogP contribution in [0.25, 0.3) is 11.3 Å². The van der Waals surface area contributed by atoms with Crippen molar-refractivity contribution in [3.8, 4) is 17.0 Å². The topological polar surface area (TPSA) is 70.6 Å². The van der Waals surface area contributed by atoms with E-state index in [0.29, 0.717) is 13.1 Å². The number of methoxy groups -OCH3 is 1. The van der Waals surface area contributed by atoms with Gasteiger partial charge in [-0.25, -0.2) is 4.79 Å². The molecule has 0 radical (unpaired) electrons. The quantitative estimate of drug-likeness (QED) is 0.563. The number of hydrogen-bond acceptors (Lipinski definition) is 5. The summed E-state index contributed by atoms with van der Waals surface area (Å²) < 4.78 is 5.20. The summed E-state index contributed by atoms with van der Waals surface area (Å²) in [7, 11) is 1.65. The lowest BCUT2D eigenvalue weighted by Gasteiger charge is -2.35. The van der Waals surface area contributed by atoms with Crippen molar-refractivity contribution >= 4 is 17.5 Å². The lowest BCUT2D eigenvalue weighted by atomic mass is 10.1. The Morgan fingerprint density at radius 1 is 0.939 bits per heavy atom. The van der Waals surface area contributed by atoms with E-state index in [0.717, 1.165) is 48.0 Å². The van der Waals surface area contributed by atoms with E-state index in [1.807, 2.05) is 53.4 Å². The van der Waals surface area contributed by atoms with Crippen LogP contribution in [0.5, 0.6) is 5.75 Å². The molecule has 0 atom stereocenters. The van der Waals surface area contributed by atoms with Crippen molar-refractivity contribution in [1.82, 2.24) is 15.1 Å². The first-order valence-electron chi connectivity index (χ1n) is 11.5. The Bertz CT molecular complexity index is 1030. The molecule has 2 amide bonds. The van der Waals surface area contributed by atoms with Crippen molar-refractivity contribution in [2.45, 2.75) is 26.2 Å². The first-order chi connectivity index (χ1) is 16.2. The molecule has 1 aliphatic rings. The van der Waals surface area contributed by atoms with Crippen molar-refractivity contribution in [1.29, 1.82) is 0 Å². The second-order valence-electron chi connectivity index (χ2n) is 8.21. The number of anilines is 2. The molecule has 1 N–H and O–H groups in total. The van der Waals surface area contributed by atoms with Gasteiger partial charge in [-0.15, -0.1) is 10.2 Å². The zero-order chi connectivity index (χ0) is 23.0. The monoisotopic (exact) mass is 445 g/mol. The molecule has 0 spiro atoms. The molecule has 1 aromatic heterocycles. The molecule has 1 saturated heterocycles. The highest BCUT2D eigenvalue weighted by Crippen LogP contribution is 2.22. The SMILES string of the molecule is CCCCc1ccc(NC(=O)N2CCN(c3ccc(-c4ccc(OC)cc4)nn3)CC2)cc1. The Balaban J connectivity index is 1.28. The number of benzene rings is 2. The summed E-state index contributed by atoms with van der Waals surface area (Å²) in [5.74, 6) is 1.64. The zero-order valence-electron chi connectivity index (χ0n) is 19.3. The van der Waals surface area contributed by atoms with Gasteiger partial charge in [-0.3, -0.25) is 0 Å². The molecule has 1 fully saturated rings. The standard InChI is InChI=1S/C26H31N5O2/c1-3-4-5-20-6-10-22(11-7-20)27-26(32)31-18-16-30(17-19-31)25-15-14-24(28-29-25)21-8-12-23(33-2)13-9-21/h6-15H,3-5,16-19H2,1-2H3,(H,27,32). The van der Waals surface area contributed by atoms with Crippen LogP contribution < -0.4 is 15.0 Å². The molecule has 0 saturated carbocycles. The summed E-state index contributed by atoms with van der Waals surface area (Å²) in [4.78, 5) is 16.7. The Kier molecular flexibility index (Phi) is 7.40. The molecule has 2 aromatic carbocycles. The minimum atomic E-state index is -0.0584. The first kappa shape index (κ1) is 22.6. The summed E-state index contributed by atoms with van der Waals surface area (Å²) in [6, 6.07) is 19.8. The van der Waals surface area contributed by atoms with Crippen LogP contribution in [0.1, 0.15) is 25.3 Å². The van der Waals surface area contributed by atoms with Gasteiger partial charge in [-0.05, 0) is 66.9 Å². The first-order valence-corrected chi connectivity index (χ1v) is 11.5. The van der Waals surface area contributed by atoms with Gasteiger partial charge in [0.25, 0.3) is 0 Å². The van der Waals surface area contributed by atoms with Gasteiger partial charge in [0.2, 0.25) is 0 Å². The molecular formula is C26H31N5O2. The van der Waals surface area contributed by atoms with Crippen LogP contribution in [-0.4, -0.2) is 54.4 Å². The third-order valence-electron chi connectivity index (χ3n) is 5.95. The van der Waals surface area contributed by atoms with Crippen molar-refractivity contribution in [2.24, 2.45) is 0 Å². The number of rotatable bonds is 7. The van der Waals surface area contributed by atoms with Gasteiger partial charge in [-0.2, -0.15) is 0 Å². The summed E-state index contributed by atoms with van der Waals surface area (Å²) in [5.41, 5.74) is 3.96. The van der Waals surface area contributed by atoms with Crippen LogP contribution in [0.2, 0.25) is 0 Å². The number of aryl methyl sites for hydroxylation is 1. The van der Waals surface area contributed by atoms with E-state index in [2.05, 4.69) is 39.5 Å².